The molecule has 1 aliphatic rings. The topological polar surface area (TPSA) is 35.5 Å². The van der Waals surface area contributed by atoms with Crippen LogP contribution in [0.2, 0.25) is 0 Å². The van der Waals surface area contributed by atoms with Gasteiger partial charge in [-0.05, 0) is 38.3 Å². The molecule has 0 bridgehead atoms. The lowest BCUT2D eigenvalue weighted by Gasteiger charge is -2.40. The van der Waals surface area contributed by atoms with Crippen LogP contribution < -0.4 is 10.2 Å². The summed E-state index contributed by atoms with van der Waals surface area (Å²) in [5.74, 6) is 0. The Morgan fingerprint density at radius 1 is 1.40 bits per heavy atom. The molecular weight excluding hydrogens is 248 g/mol. The molecule has 1 unspecified atom stereocenters. The summed E-state index contributed by atoms with van der Waals surface area (Å²) in [4.78, 5) is 2.42. The zero-order valence-corrected chi connectivity index (χ0v) is 13.2. The molecule has 20 heavy (non-hydrogen) atoms. The van der Waals surface area contributed by atoms with Gasteiger partial charge in [0, 0.05) is 24.8 Å². The highest BCUT2D eigenvalue weighted by molar-refractivity contribution is 5.57. The van der Waals surface area contributed by atoms with Crippen molar-refractivity contribution >= 4 is 5.69 Å². The van der Waals surface area contributed by atoms with Crippen LogP contribution in [-0.4, -0.2) is 36.4 Å². The van der Waals surface area contributed by atoms with Crippen molar-refractivity contribution in [3.8, 4) is 0 Å². The molecule has 1 aliphatic heterocycles. The van der Waals surface area contributed by atoms with E-state index in [4.69, 9.17) is 0 Å². The van der Waals surface area contributed by atoms with E-state index >= 15 is 0 Å². The van der Waals surface area contributed by atoms with Gasteiger partial charge in [0.15, 0.2) is 0 Å². The highest BCUT2D eigenvalue weighted by Gasteiger charge is 2.29. The molecule has 0 amide bonds. The predicted octanol–water partition coefficient (Wildman–Crippen LogP) is 2.50. The van der Waals surface area contributed by atoms with E-state index in [0.717, 1.165) is 13.1 Å². The molecular formula is C17H28N2O. The molecule has 0 spiro atoms. The van der Waals surface area contributed by atoms with Crippen molar-refractivity contribution in [2.24, 2.45) is 0 Å². The molecule has 3 nitrogen and oxygen atoms in total. The van der Waals surface area contributed by atoms with Gasteiger partial charge in [-0.3, -0.25) is 0 Å². The Labute approximate surface area is 123 Å². The van der Waals surface area contributed by atoms with E-state index < -0.39 is 0 Å². The van der Waals surface area contributed by atoms with Gasteiger partial charge in [-0.15, -0.1) is 0 Å². The minimum Gasteiger partial charge on any atom is -0.394 e. The van der Waals surface area contributed by atoms with Crippen LogP contribution in [0.4, 0.5) is 5.69 Å². The first-order valence-electron chi connectivity index (χ1n) is 7.66. The Kier molecular flexibility index (Phi) is 4.71. The quantitative estimate of drug-likeness (QED) is 0.867. The molecule has 112 valence electrons. The maximum atomic E-state index is 9.77. The van der Waals surface area contributed by atoms with Gasteiger partial charge in [-0.25, -0.2) is 0 Å². The fourth-order valence-corrected chi connectivity index (χ4v) is 3.23. The lowest BCUT2D eigenvalue weighted by atomic mass is 9.96. The number of fused-ring (bicyclic) bond motifs is 1. The second kappa shape index (κ2) is 6.15. The van der Waals surface area contributed by atoms with E-state index in [1.165, 1.54) is 29.7 Å². The lowest BCUT2D eigenvalue weighted by molar-refractivity contribution is 0.168. The number of benzene rings is 1. The fraction of sp³-hybridized carbons (Fsp3) is 0.647. The van der Waals surface area contributed by atoms with Gasteiger partial charge in [0.25, 0.3) is 0 Å². The van der Waals surface area contributed by atoms with Crippen LogP contribution in [0.15, 0.2) is 18.2 Å². The number of aryl methyl sites for hydroxylation is 2. The third kappa shape index (κ3) is 3.53. The largest absolute Gasteiger partial charge is 0.394 e. The normalized spacial score (nSPS) is 18.0. The first-order valence-corrected chi connectivity index (χ1v) is 7.66. The SMILES string of the molecule is Cc1ccc2c(c1)CCCN2CC(C)(CO)NC(C)C. The van der Waals surface area contributed by atoms with Crippen LogP contribution in [0.5, 0.6) is 0 Å². The van der Waals surface area contributed by atoms with Gasteiger partial charge in [0.2, 0.25) is 0 Å². The fourth-order valence-electron chi connectivity index (χ4n) is 3.23. The van der Waals surface area contributed by atoms with Crippen LogP contribution in [0.1, 0.15) is 38.3 Å². The second-order valence-electron chi connectivity index (χ2n) is 6.68. The smallest absolute Gasteiger partial charge is 0.0628 e. The number of hydrogen-bond acceptors (Lipinski definition) is 3. The Balaban J connectivity index is 2.18. The molecule has 0 aromatic heterocycles. The molecule has 1 atom stereocenters. The van der Waals surface area contributed by atoms with Crippen LogP contribution in [-0.2, 0) is 6.42 Å². The highest BCUT2D eigenvalue weighted by atomic mass is 16.3. The van der Waals surface area contributed by atoms with Crippen LogP contribution in [0.25, 0.3) is 0 Å². The third-order valence-electron chi connectivity index (χ3n) is 3.98. The summed E-state index contributed by atoms with van der Waals surface area (Å²) in [6.07, 6.45) is 2.36. The monoisotopic (exact) mass is 276 g/mol. The molecule has 0 fully saturated rings. The van der Waals surface area contributed by atoms with Gasteiger partial charge in [0.05, 0.1) is 12.1 Å². The minimum atomic E-state index is -0.256. The maximum Gasteiger partial charge on any atom is 0.0628 e. The predicted molar refractivity (Wildman–Crippen MR) is 85.5 cm³/mol. The Bertz CT molecular complexity index is 458. The van der Waals surface area contributed by atoms with E-state index in [0.29, 0.717) is 6.04 Å². The first-order chi connectivity index (χ1) is 9.43. The molecule has 1 aromatic rings. The summed E-state index contributed by atoms with van der Waals surface area (Å²) in [7, 11) is 0. The van der Waals surface area contributed by atoms with Crippen molar-refractivity contribution < 1.29 is 5.11 Å². The number of nitrogens with one attached hydrogen (secondary N) is 1. The third-order valence-corrected chi connectivity index (χ3v) is 3.98. The van der Waals surface area contributed by atoms with Crippen LogP contribution in [0, 0.1) is 6.92 Å². The van der Waals surface area contributed by atoms with Crippen molar-refractivity contribution in [3.05, 3.63) is 29.3 Å². The van der Waals surface area contributed by atoms with E-state index in [1.807, 2.05) is 0 Å². The second-order valence-corrected chi connectivity index (χ2v) is 6.68. The van der Waals surface area contributed by atoms with Gasteiger partial charge < -0.3 is 15.3 Å². The Hall–Kier alpha value is -1.06. The zero-order valence-electron chi connectivity index (χ0n) is 13.2. The summed E-state index contributed by atoms with van der Waals surface area (Å²) in [6, 6.07) is 7.09. The molecule has 2 rings (SSSR count). The molecule has 0 aliphatic carbocycles. The Morgan fingerprint density at radius 2 is 2.15 bits per heavy atom. The van der Waals surface area contributed by atoms with Crippen molar-refractivity contribution in [1.82, 2.24) is 5.32 Å². The summed E-state index contributed by atoms with van der Waals surface area (Å²) < 4.78 is 0. The number of hydrogen-bond donors (Lipinski definition) is 2. The van der Waals surface area contributed by atoms with Crippen molar-refractivity contribution in [1.29, 1.82) is 0 Å². The molecule has 0 radical (unpaired) electrons. The number of anilines is 1. The van der Waals surface area contributed by atoms with Crippen molar-refractivity contribution in [2.45, 2.75) is 52.1 Å². The van der Waals surface area contributed by atoms with E-state index in [1.54, 1.807) is 0 Å². The summed E-state index contributed by atoms with van der Waals surface area (Å²) in [5, 5.41) is 13.3. The maximum absolute atomic E-state index is 9.77. The van der Waals surface area contributed by atoms with Crippen molar-refractivity contribution in [2.75, 3.05) is 24.6 Å². The average molecular weight is 276 g/mol. The molecule has 1 aromatic carbocycles. The number of nitrogens with zero attached hydrogens (tertiary/aromatic N) is 1. The van der Waals surface area contributed by atoms with Crippen LogP contribution >= 0.6 is 0 Å². The minimum absolute atomic E-state index is 0.156. The molecule has 0 saturated heterocycles. The first kappa shape index (κ1) is 15.3. The lowest BCUT2D eigenvalue weighted by Crippen LogP contribution is -2.57. The summed E-state index contributed by atoms with van der Waals surface area (Å²) in [5.41, 5.74) is 3.86. The van der Waals surface area contributed by atoms with E-state index in [2.05, 4.69) is 56.1 Å². The van der Waals surface area contributed by atoms with Gasteiger partial charge in [-0.1, -0.05) is 31.5 Å². The summed E-state index contributed by atoms with van der Waals surface area (Å²) in [6.45, 7) is 10.6. The number of aliphatic hydroxyl groups excluding tert-OH is 1. The zero-order chi connectivity index (χ0) is 14.8. The standard InChI is InChI=1S/C17H28N2O/c1-13(2)18-17(4,12-20)11-19-9-5-6-15-10-14(3)7-8-16(15)19/h7-8,10,13,18,20H,5-6,9,11-12H2,1-4H3. The summed E-state index contributed by atoms with van der Waals surface area (Å²) >= 11 is 0. The van der Waals surface area contributed by atoms with E-state index in [-0.39, 0.29) is 12.1 Å². The highest BCUT2D eigenvalue weighted by Crippen LogP contribution is 2.29. The van der Waals surface area contributed by atoms with Crippen LogP contribution in [0.3, 0.4) is 0 Å². The van der Waals surface area contributed by atoms with Gasteiger partial charge in [-0.2, -0.15) is 0 Å². The number of aliphatic hydroxyl groups is 1. The Morgan fingerprint density at radius 3 is 2.80 bits per heavy atom. The van der Waals surface area contributed by atoms with Crippen molar-refractivity contribution in [3.63, 3.8) is 0 Å². The average Bonchev–Trinajstić information content (AvgIpc) is 2.37. The van der Waals surface area contributed by atoms with Gasteiger partial charge in [0.1, 0.15) is 0 Å². The van der Waals surface area contributed by atoms with Gasteiger partial charge >= 0.3 is 0 Å². The molecule has 2 N–H and O–H groups in total. The van der Waals surface area contributed by atoms with E-state index in [9.17, 15) is 5.11 Å². The number of rotatable bonds is 5. The molecule has 3 heteroatoms. The molecule has 1 heterocycles. The molecule has 0 saturated carbocycles.